The first-order valence-corrected chi connectivity index (χ1v) is 10.7. The Bertz CT molecular complexity index is 988. The molecule has 5 nitrogen and oxygen atoms in total. The summed E-state index contributed by atoms with van der Waals surface area (Å²) in [7, 11) is 2.48. The summed E-state index contributed by atoms with van der Waals surface area (Å²) in [6.45, 7) is 0.892. The van der Waals surface area contributed by atoms with Crippen molar-refractivity contribution in [1.82, 2.24) is 4.98 Å². The summed E-state index contributed by atoms with van der Waals surface area (Å²) in [5.41, 5.74) is 0. The third kappa shape index (κ3) is 4.08. The van der Waals surface area contributed by atoms with Gasteiger partial charge in [0.25, 0.3) is 0 Å². The summed E-state index contributed by atoms with van der Waals surface area (Å²) in [5.74, 6) is 0. The summed E-state index contributed by atoms with van der Waals surface area (Å²) in [4.78, 5) is 4.34. The maximum absolute atomic E-state index is 5.51. The van der Waals surface area contributed by atoms with Crippen LogP contribution in [0.3, 0.4) is 0 Å². The van der Waals surface area contributed by atoms with E-state index in [0.717, 1.165) is 19.0 Å². The summed E-state index contributed by atoms with van der Waals surface area (Å²) in [5, 5.41) is 7.49. The van der Waals surface area contributed by atoms with E-state index in [1.807, 2.05) is 12.4 Å². The van der Waals surface area contributed by atoms with Crippen molar-refractivity contribution in [1.29, 1.82) is 0 Å². The van der Waals surface area contributed by atoms with E-state index in [2.05, 4.69) is 46.2 Å². The van der Waals surface area contributed by atoms with Crippen LogP contribution in [0.4, 0.5) is 0 Å². The van der Waals surface area contributed by atoms with Crippen LogP contribution in [0.1, 0.15) is 6.42 Å². The largest absolute Gasteiger partial charge is 1.00 e. The molecule has 0 amide bonds. The van der Waals surface area contributed by atoms with Crippen molar-refractivity contribution < 1.29 is 34.8 Å². The van der Waals surface area contributed by atoms with E-state index in [1.54, 1.807) is 21.3 Å². The fourth-order valence-corrected chi connectivity index (χ4v) is 5.49. The van der Waals surface area contributed by atoms with Crippen LogP contribution in [0, 0.1) is 0 Å². The fourth-order valence-electron chi connectivity index (χ4n) is 3.79. The van der Waals surface area contributed by atoms with E-state index in [-0.39, 0.29) is 34.0 Å². The van der Waals surface area contributed by atoms with Gasteiger partial charge in [-0.3, -0.25) is 4.98 Å². The number of hydrogen-bond acceptors (Lipinski definition) is 4. The Kier molecular flexibility index (Phi) is 7.89. The molecule has 0 unspecified atom stereocenters. The van der Waals surface area contributed by atoms with Crippen LogP contribution < -0.4 is 21.5 Å². The van der Waals surface area contributed by atoms with Crippen LogP contribution in [-0.4, -0.2) is 35.1 Å². The van der Waals surface area contributed by atoms with E-state index in [1.165, 1.54) is 32.3 Å². The first kappa shape index (κ1) is 23.1. The van der Waals surface area contributed by atoms with Crippen molar-refractivity contribution >= 4 is 58.1 Å². The Hall–Kier alpha value is -1.16. The topological polar surface area (TPSA) is 44.5 Å². The van der Waals surface area contributed by atoms with Crippen molar-refractivity contribution in [3.63, 3.8) is 0 Å². The van der Waals surface area contributed by atoms with Gasteiger partial charge in [-0.1, -0.05) is 12.1 Å². The lowest BCUT2D eigenvalue weighted by Gasteiger charge is -2.23. The molecule has 0 aliphatic rings. The lowest BCUT2D eigenvalue weighted by atomic mass is 9.98. The molecule has 8 heteroatoms. The molecule has 28 heavy (non-hydrogen) atoms. The maximum Gasteiger partial charge on any atom is 0.500 e. The fraction of sp³-hybridized carbons (Fsp3) is 0.300. The van der Waals surface area contributed by atoms with Crippen molar-refractivity contribution in [2.75, 3.05) is 21.3 Å². The minimum atomic E-state index is -2.51. The molecule has 0 saturated carbocycles. The van der Waals surface area contributed by atoms with Crippen LogP contribution in [0.2, 0.25) is 6.04 Å². The number of aryl methyl sites for hydroxylation is 1. The smallest absolute Gasteiger partial charge is 0.500 e. The monoisotopic (exact) mass is 526 g/mol. The second-order valence-electron chi connectivity index (χ2n) is 6.54. The molecule has 2 aromatic heterocycles. The highest BCUT2D eigenvalue weighted by molar-refractivity contribution is 8.93. The van der Waals surface area contributed by atoms with Gasteiger partial charge in [-0.2, -0.15) is 0 Å². The third-order valence-electron chi connectivity index (χ3n) is 5.16. The molecule has 0 atom stereocenters. The molecule has 0 fully saturated rings. The van der Waals surface area contributed by atoms with Crippen LogP contribution in [0.15, 0.2) is 49.1 Å². The molecule has 0 bridgehead atoms. The van der Waals surface area contributed by atoms with E-state index in [4.69, 9.17) is 13.3 Å². The Morgan fingerprint density at radius 1 is 0.821 bits per heavy atom. The molecule has 0 spiro atoms. The maximum atomic E-state index is 5.51. The highest BCUT2D eigenvalue weighted by atomic mass is 79.9. The van der Waals surface area contributed by atoms with Crippen molar-refractivity contribution in [3.8, 4) is 0 Å². The quantitative estimate of drug-likeness (QED) is 0.205. The molecule has 150 valence electrons. The second kappa shape index (κ2) is 9.56. The number of benzene rings is 2. The van der Waals surface area contributed by atoms with Gasteiger partial charge in [0.1, 0.15) is 6.54 Å². The van der Waals surface area contributed by atoms with Gasteiger partial charge in [0.15, 0.2) is 12.4 Å². The van der Waals surface area contributed by atoms with Crippen LogP contribution >= 0.6 is 17.0 Å². The van der Waals surface area contributed by atoms with Gasteiger partial charge in [-0.05, 0) is 12.1 Å². The number of nitrogens with zero attached hydrogens (tertiary/aromatic N) is 2. The Balaban J connectivity index is 0.00000140. The molecule has 0 aliphatic heterocycles. The molecule has 4 aromatic rings. The predicted molar refractivity (Wildman–Crippen MR) is 115 cm³/mol. The number of hydrogen-bond donors (Lipinski definition) is 0. The van der Waals surface area contributed by atoms with Gasteiger partial charge < -0.3 is 30.3 Å². The molecule has 2 aromatic carbocycles. The Morgan fingerprint density at radius 3 is 1.79 bits per heavy atom. The highest BCUT2D eigenvalue weighted by Crippen LogP contribution is 2.32. The highest BCUT2D eigenvalue weighted by Gasteiger charge is 2.37. The molecule has 0 saturated heterocycles. The minimum Gasteiger partial charge on any atom is -1.00 e. The zero-order chi connectivity index (χ0) is 18.1. The zero-order valence-electron chi connectivity index (χ0n) is 16.1. The number of pyridine rings is 2. The second-order valence-corrected chi connectivity index (χ2v) is 9.63. The first-order valence-electron chi connectivity index (χ1n) is 8.77. The zero-order valence-corrected chi connectivity index (χ0v) is 20.4. The minimum absolute atomic E-state index is 0. The molecule has 0 aliphatic carbocycles. The van der Waals surface area contributed by atoms with Gasteiger partial charge in [0, 0.05) is 78.5 Å². The molecular weight excluding hydrogens is 504 g/mol. The summed E-state index contributed by atoms with van der Waals surface area (Å²) >= 11 is 0. The lowest BCUT2D eigenvalue weighted by molar-refractivity contribution is -0.694. The molecule has 2 heterocycles. The Labute approximate surface area is 186 Å². The van der Waals surface area contributed by atoms with Gasteiger partial charge in [-0.25, -0.2) is 4.57 Å². The van der Waals surface area contributed by atoms with Crippen molar-refractivity contribution in [3.05, 3.63) is 49.1 Å². The van der Waals surface area contributed by atoms with Crippen molar-refractivity contribution in [2.24, 2.45) is 0 Å². The molecule has 0 N–H and O–H groups in total. The van der Waals surface area contributed by atoms with E-state index >= 15 is 0 Å². The van der Waals surface area contributed by atoms with E-state index in [0.29, 0.717) is 0 Å². The summed E-state index contributed by atoms with van der Waals surface area (Å²) in [6.07, 6.45) is 9.25. The van der Waals surface area contributed by atoms with E-state index < -0.39 is 8.80 Å². The molecular formula is C20H24Br2N2O3Si. The summed E-state index contributed by atoms with van der Waals surface area (Å²) in [6, 6.07) is 9.46. The van der Waals surface area contributed by atoms with Gasteiger partial charge in [-0.15, -0.1) is 17.0 Å². The lowest BCUT2D eigenvalue weighted by Crippen LogP contribution is -3.00. The average Bonchev–Trinajstić information content (AvgIpc) is 2.70. The van der Waals surface area contributed by atoms with Gasteiger partial charge in [0.2, 0.25) is 0 Å². The summed E-state index contributed by atoms with van der Waals surface area (Å²) < 4.78 is 18.8. The van der Waals surface area contributed by atoms with Crippen LogP contribution in [0.25, 0.3) is 32.3 Å². The predicted octanol–water partition coefficient (Wildman–Crippen LogP) is 1.12. The molecule has 4 rings (SSSR count). The van der Waals surface area contributed by atoms with E-state index in [9.17, 15) is 0 Å². The SMILES string of the molecule is Br.CO[Si](CCC[n+]1cc2ccc3cncc4ccc(c1)c2c34)(OC)OC.[Br-]. The Morgan fingerprint density at radius 2 is 1.29 bits per heavy atom. The van der Waals surface area contributed by atoms with Crippen LogP contribution in [-0.2, 0) is 19.8 Å². The average molecular weight is 528 g/mol. The third-order valence-corrected chi connectivity index (χ3v) is 7.99. The van der Waals surface area contributed by atoms with Gasteiger partial charge >= 0.3 is 8.80 Å². The first-order chi connectivity index (χ1) is 12.7. The standard InChI is InChI=1S/C20H23N2O3Si.2BrH/c1-23-26(24-2,25-3)10-4-9-22-13-17-7-5-15-11-21-12-16-6-8-18(14-22)20(17)19(15)16;;/h5-8,11-14H,4,9-10H2,1-3H3;2*1H/q+1;;/p-1. The van der Waals surface area contributed by atoms with Crippen molar-refractivity contribution in [2.45, 2.75) is 19.0 Å². The number of rotatable bonds is 7. The van der Waals surface area contributed by atoms with Crippen LogP contribution in [0.5, 0.6) is 0 Å². The molecule has 0 radical (unpaired) electrons. The number of halogens is 2. The number of aromatic nitrogens is 2. The normalized spacial score (nSPS) is 11.7. The van der Waals surface area contributed by atoms with Gasteiger partial charge in [0.05, 0.1) is 0 Å².